The van der Waals surface area contributed by atoms with Gasteiger partial charge in [-0.2, -0.15) is 0 Å². The molecule has 1 aliphatic rings. The second-order valence-electron chi connectivity index (χ2n) is 9.45. The van der Waals surface area contributed by atoms with E-state index in [-0.39, 0.29) is 25.6 Å². The van der Waals surface area contributed by atoms with Crippen molar-refractivity contribution in [2.24, 2.45) is 5.41 Å². The number of methoxy groups -OCH3 is 1. The van der Waals surface area contributed by atoms with Crippen LogP contribution in [-0.4, -0.2) is 55.5 Å². The lowest BCUT2D eigenvalue weighted by Gasteiger charge is -2.29. The van der Waals surface area contributed by atoms with E-state index in [9.17, 15) is 19.5 Å². The molecule has 0 aromatic heterocycles. The maximum absolute atomic E-state index is 12.8. The number of benzene rings is 2. The second-order valence-corrected chi connectivity index (χ2v) is 9.45. The van der Waals surface area contributed by atoms with Crippen molar-refractivity contribution < 1.29 is 29.0 Å². The zero-order valence-corrected chi connectivity index (χ0v) is 20.0. The fourth-order valence-corrected chi connectivity index (χ4v) is 4.18. The average Bonchev–Trinajstić information content (AvgIpc) is 3.11. The summed E-state index contributed by atoms with van der Waals surface area (Å²) in [5.41, 5.74) is 3.69. The number of aliphatic carboxylic acids is 1. The quantitative estimate of drug-likeness (QED) is 0.519. The van der Waals surface area contributed by atoms with Crippen LogP contribution >= 0.6 is 0 Å². The van der Waals surface area contributed by atoms with E-state index in [1.807, 2.05) is 48.5 Å². The number of carboxylic acids is 1. The zero-order chi connectivity index (χ0) is 24.9. The normalized spacial score (nSPS) is 14.5. The first-order valence-corrected chi connectivity index (χ1v) is 11.3. The van der Waals surface area contributed by atoms with E-state index in [0.29, 0.717) is 0 Å². The van der Waals surface area contributed by atoms with Crippen LogP contribution in [0.1, 0.15) is 44.2 Å². The molecule has 0 saturated carbocycles. The van der Waals surface area contributed by atoms with Gasteiger partial charge in [0.25, 0.3) is 0 Å². The minimum Gasteiger partial charge on any atom is -0.480 e. The highest BCUT2D eigenvalue weighted by Gasteiger charge is 2.35. The molecule has 2 aromatic rings. The molecule has 1 aliphatic carbocycles. The van der Waals surface area contributed by atoms with Crippen LogP contribution in [0.2, 0.25) is 0 Å². The highest BCUT2D eigenvalue weighted by Crippen LogP contribution is 2.44. The number of fused-ring (bicyclic) bond motifs is 3. The van der Waals surface area contributed by atoms with Gasteiger partial charge in [0.15, 0.2) is 0 Å². The van der Waals surface area contributed by atoms with Gasteiger partial charge in [0.05, 0.1) is 0 Å². The summed E-state index contributed by atoms with van der Waals surface area (Å²) in [6, 6.07) is 13.9. The van der Waals surface area contributed by atoms with Crippen molar-refractivity contribution >= 4 is 18.0 Å². The fraction of sp³-hybridized carbons (Fsp3) is 0.423. The molecule has 0 heterocycles. The summed E-state index contributed by atoms with van der Waals surface area (Å²) in [7, 11) is 1.48. The molecule has 2 unspecified atom stereocenters. The molecule has 0 aliphatic heterocycles. The Kier molecular flexibility index (Phi) is 7.94. The van der Waals surface area contributed by atoms with Crippen molar-refractivity contribution in [3.8, 4) is 11.1 Å². The number of carbonyl (C=O) groups excluding carboxylic acids is 2. The van der Waals surface area contributed by atoms with Gasteiger partial charge in [0.2, 0.25) is 5.91 Å². The SMILES string of the molecule is COCCC(NC(=O)OCC1c2ccccc2-c2ccccc21)C(=O)NC(C(=O)O)C(C)(C)C. The number of ether oxygens (including phenoxy) is 2. The first-order valence-electron chi connectivity index (χ1n) is 11.3. The number of carbonyl (C=O) groups is 3. The summed E-state index contributed by atoms with van der Waals surface area (Å²) in [6.45, 7) is 5.47. The largest absolute Gasteiger partial charge is 0.480 e. The van der Waals surface area contributed by atoms with Crippen LogP contribution in [0, 0.1) is 5.41 Å². The van der Waals surface area contributed by atoms with E-state index in [0.717, 1.165) is 22.3 Å². The molecular formula is C26H32N2O6. The molecule has 8 nitrogen and oxygen atoms in total. The number of nitrogens with one attached hydrogen (secondary N) is 2. The van der Waals surface area contributed by atoms with Gasteiger partial charge in [0, 0.05) is 26.1 Å². The number of alkyl carbamates (subject to hydrolysis) is 1. The Morgan fingerprint density at radius 1 is 0.971 bits per heavy atom. The van der Waals surface area contributed by atoms with Crippen molar-refractivity contribution in [3.63, 3.8) is 0 Å². The van der Waals surface area contributed by atoms with Gasteiger partial charge < -0.3 is 25.2 Å². The van der Waals surface area contributed by atoms with Crippen molar-refractivity contribution in [3.05, 3.63) is 59.7 Å². The summed E-state index contributed by atoms with van der Waals surface area (Å²) in [6.07, 6.45) is -0.580. The lowest BCUT2D eigenvalue weighted by Crippen LogP contribution is -2.55. The van der Waals surface area contributed by atoms with Crippen LogP contribution in [0.4, 0.5) is 4.79 Å². The van der Waals surface area contributed by atoms with Gasteiger partial charge in [0.1, 0.15) is 18.7 Å². The summed E-state index contributed by atoms with van der Waals surface area (Å²) in [5.74, 6) is -1.86. The summed E-state index contributed by atoms with van der Waals surface area (Å²) in [5, 5.41) is 14.6. The Morgan fingerprint density at radius 3 is 2.03 bits per heavy atom. The highest BCUT2D eigenvalue weighted by atomic mass is 16.5. The van der Waals surface area contributed by atoms with E-state index in [1.54, 1.807) is 20.8 Å². The molecular weight excluding hydrogens is 436 g/mol. The van der Waals surface area contributed by atoms with Gasteiger partial charge in [-0.15, -0.1) is 0 Å². The monoisotopic (exact) mass is 468 g/mol. The summed E-state index contributed by atoms with van der Waals surface area (Å²) >= 11 is 0. The molecule has 0 bridgehead atoms. The topological polar surface area (TPSA) is 114 Å². The molecule has 0 saturated heterocycles. The van der Waals surface area contributed by atoms with Crippen molar-refractivity contribution in [2.75, 3.05) is 20.3 Å². The second kappa shape index (κ2) is 10.7. The highest BCUT2D eigenvalue weighted by molar-refractivity contribution is 5.89. The Morgan fingerprint density at radius 2 is 1.53 bits per heavy atom. The number of hydrogen-bond donors (Lipinski definition) is 3. The molecule has 3 N–H and O–H groups in total. The molecule has 0 radical (unpaired) electrons. The van der Waals surface area contributed by atoms with Crippen LogP contribution in [0.3, 0.4) is 0 Å². The zero-order valence-electron chi connectivity index (χ0n) is 20.0. The molecule has 2 amide bonds. The minimum atomic E-state index is -1.15. The Bertz CT molecular complexity index is 1000. The Labute approximate surface area is 199 Å². The van der Waals surface area contributed by atoms with Crippen LogP contribution in [-0.2, 0) is 19.1 Å². The minimum absolute atomic E-state index is 0.109. The molecule has 182 valence electrons. The fourth-order valence-electron chi connectivity index (χ4n) is 4.18. The molecule has 3 rings (SSSR count). The standard InChI is InChI=1S/C26H32N2O6/c1-26(2,3)22(24(30)31)28-23(29)21(13-14-33-4)27-25(32)34-15-20-18-11-7-5-9-16(18)17-10-6-8-12-19(17)20/h5-12,20-22H,13-15H2,1-4H3,(H,27,32)(H,28,29)(H,30,31). The maximum atomic E-state index is 12.8. The molecule has 8 heteroatoms. The van der Waals surface area contributed by atoms with Crippen molar-refractivity contribution in [1.82, 2.24) is 10.6 Å². The Balaban J connectivity index is 1.67. The molecule has 2 aromatic carbocycles. The third-order valence-electron chi connectivity index (χ3n) is 5.96. The van der Waals surface area contributed by atoms with Crippen LogP contribution < -0.4 is 10.6 Å². The van der Waals surface area contributed by atoms with E-state index in [4.69, 9.17) is 9.47 Å². The number of carboxylic acid groups (broad SMARTS) is 1. The van der Waals surface area contributed by atoms with Crippen molar-refractivity contribution in [1.29, 1.82) is 0 Å². The number of rotatable bonds is 9. The van der Waals surface area contributed by atoms with Crippen LogP contribution in [0.5, 0.6) is 0 Å². The summed E-state index contributed by atoms with van der Waals surface area (Å²) in [4.78, 5) is 37.1. The molecule has 0 spiro atoms. The van der Waals surface area contributed by atoms with Gasteiger partial charge in [-0.25, -0.2) is 9.59 Å². The smallest absolute Gasteiger partial charge is 0.407 e. The van der Waals surface area contributed by atoms with Crippen LogP contribution in [0.25, 0.3) is 11.1 Å². The molecule has 0 fully saturated rings. The van der Waals surface area contributed by atoms with Gasteiger partial charge in [-0.1, -0.05) is 69.3 Å². The Hall–Kier alpha value is -3.39. The molecule has 34 heavy (non-hydrogen) atoms. The van der Waals surface area contributed by atoms with E-state index in [2.05, 4.69) is 10.6 Å². The van der Waals surface area contributed by atoms with Gasteiger partial charge in [-0.05, 0) is 27.7 Å². The summed E-state index contributed by atoms with van der Waals surface area (Å²) < 4.78 is 10.6. The predicted molar refractivity (Wildman–Crippen MR) is 128 cm³/mol. The van der Waals surface area contributed by atoms with Gasteiger partial charge in [-0.3, -0.25) is 4.79 Å². The maximum Gasteiger partial charge on any atom is 0.407 e. The van der Waals surface area contributed by atoms with Gasteiger partial charge >= 0.3 is 12.1 Å². The average molecular weight is 469 g/mol. The number of amides is 2. The third kappa shape index (κ3) is 5.75. The van der Waals surface area contributed by atoms with Crippen molar-refractivity contribution in [2.45, 2.75) is 45.2 Å². The first kappa shape index (κ1) is 25.2. The first-order chi connectivity index (χ1) is 16.1. The third-order valence-corrected chi connectivity index (χ3v) is 5.96. The number of hydrogen-bond acceptors (Lipinski definition) is 5. The van der Waals surface area contributed by atoms with E-state index in [1.165, 1.54) is 7.11 Å². The van der Waals surface area contributed by atoms with Crippen LogP contribution in [0.15, 0.2) is 48.5 Å². The lowest BCUT2D eigenvalue weighted by molar-refractivity contribution is -0.145. The lowest BCUT2D eigenvalue weighted by atomic mass is 9.86. The molecule has 2 atom stereocenters. The van der Waals surface area contributed by atoms with E-state index < -0.39 is 35.5 Å². The predicted octanol–water partition coefficient (Wildman–Crippen LogP) is 3.55. The van der Waals surface area contributed by atoms with E-state index >= 15 is 0 Å².